The summed E-state index contributed by atoms with van der Waals surface area (Å²) in [5, 5.41) is 15.3. The van der Waals surface area contributed by atoms with E-state index in [1.54, 1.807) is 0 Å². The minimum absolute atomic E-state index is 0.0637. The molecule has 2 N–H and O–H groups in total. The van der Waals surface area contributed by atoms with Crippen molar-refractivity contribution in [2.45, 2.75) is 25.5 Å². The van der Waals surface area contributed by atoms with Gasteiger partial charge >= 0.3 is 0 Å². The lowest BCUT2D eigenvalue weighted by Crippen LogP contribution is -2.14. The van der Waals surface area contributed by atoms with Gasteiger partial charge in [-0.3, -0.25) is 4.79 Å². The molecular weight excluding hydrogens is 358 g/mol. The molecule has 7 heteroatoms. The summed E-state index contributed by atoms with van der Waals surface area (Å²) in [5.74, 6) is 1.04. The summed E-state index contributed by atoms with van der Waals surface area (Å²) in [6.07, 6.45) is 0. The number of anilines is 2. The van der Waals surface area contributed by atoms with Gasteiger partial charge in [0.2, 0.25) is 5.91 Å². The summed E-state index contributed by atoms with van der Waals surface area (Å²) in [7, 11) is 1.91. The largest absolute Gasteiger partial charge is 0.378 e. The molecule has 27 heavy (non-hydrogen) atoms. The first-order chi connectivity index (χ1) is 13.0. The van der Waals surface area contributed by atoms with Crippen LogP contribution in [0.2, 0.25) is 0 Å². The van der Waals surface area contributed by atoms with E-state index < -0.39 is 0 Å². The van der Waals surface area contributed by atoms with Crippen LogP contribution in [0.15, 0.2) is 53.7 Å². The Kier molecular flexibility index (Phi) is 6.13. The third kappa shape index (κ3) is 5.34. The van der Waals surface area contributed by atoms with Crippen molar-refractivity contribution < 1.29 is 4.79 Å². The lowest BCUT2D eigenvalue weighted by molar-refractivity contribution is -0.113. The van der Waals surface area contributed by atoms with Gasteiger partial charge in [-0.2, -0.15) is 0 Å². The average Bonchev–Trinajstić information content (AvgIpc) is 3.01. The van der Waals surface area contributed by atoms with Crippen LogP contribution in [0.5, 0.6) is 0 Å². The number of aryl methyl sites for hydroxylation is 2. The molecule has 0 saturated carbocycles. The summed E-state index contributed by atoms with van der Waals surface area (Å²) >= 11 is 1.37. The van der Waals surface area contributed by atoms with E-state index >= 15 is 0 Å². The first-order valence-corrected chi connectivity index (χ1v) is 9.68. The van der Waals surface area contributed by atoms with E-state index in [4.69, 9.17) is 0 Å². The van der Waals surface area contributed by atoms with Gasteiger partial charge < -0.3 is 15.2 Å². The first kappa shape index (κ1) is 19.0. The van der Waals surface area contributed by atoms with Crippen molar-refractivity contribution in [3.8, 4) is 0 Å². The third-order valence-corrected chi connectivity index (χ3v) is 5.12. The van der Waals surface area contributed by atoms with Crippen LogP contribution in [0.25, 0.3) is 0 Å². The zero-order valence-electron chi connectivity index (χ0n) is 15.7. The maximum absolute atomic E-state index is 12.1. The molecule has 0 unspecified atom stereocenters. The van der Waals surface area contributed by atoms with E-state index in [1.165, 1.54) is 17.3 Å². The molecule has 140 valence electrons. The van der Waals surface area contributed by atoms with Crippen LogP contribution in [-0.4, -0.2) is 26.4 Å². The standard InChI is InChI=1S/C20H23N5OS/c1-14-4-8-16(9-5-14)21-12-18-23-24-20(25(18)3)27-13-19(26)22-17-10-6-15(2)7-11-17/h4-11,21H,12-13H2,1-3H3,(H,22,26). The summed E-state index contributed by atoms with van der Waals surface area (Å²) < 4.78 is 1.91. The summed E-state index contributed by atoms with van der Waals surface area (Å²) in [6.45, 7) is 4.65. The van der Waals surface area contributed by atoms with Crippen LogP contribution in [0.1, 0.15) is 17.0 Å². The number of benzene rings is 2. The van der Waals surface area contributed by atoms with E-state index in [0.29, 0.717) is 6.54 Å². The molecule has 0 aliphatic carbocycles. The second kappa shape index (κ2) is 8.73. The minimum atomic E-state index is -0.0637. The second-order valence-electron chi connectivity index (χ2n) is 6.38. The van der Waals surface area contributed by atoms with E-state index in [-0.39, 0.29) is 11.7 Å². The van der Waals surface area contributed by atoms with Crippen molar-refractivity contribution in [2.75, 3.05) is 16.4 Å². The van der Waals surface area contributed by atoms with Crippen molar-refractivity contribution >= 4 is 29.0 Å². The Morgan fingerprint density at radius 3 is 2.19 bits per heavy atom. The summed E-state index contributed by atoms with van der Waals surface area (Å²) in [4.78, 5) is 12.1. The van der Waals surface area contributed by atoms with Gasteiger partial charge in [0.25, 0.3) is 0 Å². The summed E-state index contributed by atoms with van der Waals surface area (Å²) in [5.41, 5.74) is 4.22. The smallest absolute Gasteiger partial charge is 0.234 e. The predicted molar refractivity (Wildman–Crippen MR) is 110 cm³/mol. The molecule has 1 amide bonds. The van der Waals surface area contributed by atoms with Gasteiger partial charge in [0.05, 0.1) is 12.3 Å². The molecule has 0 spiro atoms. The zero-order valence-corrected chi connectivity index (χ0v) is 16.5. The normalized spacial score (nSPS) is 10.6. The number of thioether (sulfide) groups is 1. The van der Waals surface area contributed by atoms with Gasteiger partial charge in [0.1, 0.15) is 0 Å². The van der Waals surface area contributed by atoms with Gasteiger partial charge in [0.15, 0.2) is 11.0 Å². The number of nitrogens with one attached hydrogen (secondary N) is 2. The van der Waals surface area contributed by atoms with Gasteiger partial charge in [-0.1, -0.05) is 47.2 Å². The number of nitrogens with zero attached hydrogens (tertiary/aromatic N) is 3. The molecular formula is C20H23N5OS. The van der Waals surface area contributed by atoms with E-state index in [1.807, 2.05) is 54.9 Å². The number of rotatable bonds is 7. The highest BCUT2D eigenvalue weighted by Crippen LogP contribution is 2.17. The van der Waals surface area contributed by atoms with Crippen molar-refractivity contribution in [2.24, 2.45) is 7.05 Å². The molecule has 3 aromatic rings. The fraction of sp³-hybridized carbons (Fsp3) is 0.250. The molecule has 6 nitrogen and oxygen atoms in total. The molecule has 0 aliphatic rings. The summed E-state index contributed by atoms with van der Waals surface area (Å²) in [6, 6.07) is 15.9. The fourth-order valence-electron chi connectivity index (χ4n) is 2.44. The molecule has 1 aromatic heterocycles. The number of hydrogen-bond acceptors (Lipinski definition) is 5. The van der Waals surface area contributed by atoms with Gasteiger partial charge in [-0.15, -0.1) is 10.2 Å². The maximum atomic E-state index is 12.1. The number of amides is 1. The van der Waals surface area contributed by atoms with E-state index in [9.17, 15) is 4.79 Å². The molecule has 0 aliphatic heterocycles. The third-order valence-electron chi connectivity index (χ3n) is 4.09. The first-order valence-electron chi connectivity index (χ1n) is 8.69. The van der Waals surface area contributed by atoms with Crippen LogP contribution in [-0.2, 0) is 18.4 Å². The zero-order chi connectivity index (χ0) is 19.2. The van der Waals surface area contributed by atoms with Crippen molar-refractivity contribution in [1.29, 1.82) is 0 Å². The molecule has 0 radical (unpaired) electrons. The topological polar surface area (TPSA) is 71.8 Å². The Labute approximate surface area is 163 Å². The Balaban J connectivity index is 1.51. The molecule has 0 fully saturated rings. The van der Waals surface area contributed by atoms with Crippen molar-refractivity contribution in [3.63, 3.8) is 0 Å². The van der Waals surface area contributed by atoms with Crippen LogP contribution in [0.3, 0.4) is 0 Å². The van der Waals surface area contributed by atoms with E-state index in [2.05, 4.69) is 39.9 Å². The number of aromatic nitrogens is 3. The molecule has 0 saturated heterocycles. The lowest BCUT2D eigenvalue weighted by atomic mass is 10.2. The van der Waals surface area contributed by atoms with Crippen molar-refractivity contribution in [1.82, 2.24) is 14.8 Å². The fourth-order valence-corrected chi connectivity index (χ4v) is 3.17. The highest BCUT2D eigenvalue weighted by Gasteiger charge is 2.11. The van der Waals surface area contributed by atoms with E-state index in [0.717, 1.165) is 27.9 Å². The minimum Gasteiger partial charge on any atom is -0.378 e. The maximum Gasteiger partial charge on any atom is 0.234 e. The second-order valence-corrected chi connectivity index (χ2v) is 7.32. The number of carbonyl (C=O) groups is 1. The predicted octanol–water partition coefficient (Wildman–Crippen LogP) is 3.77. The lowest BCUT2D eigenvalue weighted by Gasteiger charge is -2.07. The Morgan fingerprint density at radius 2 is 1.56 bits per heavy atom. The number of hydrogen-bond donors (Lipinski definition) is 2. The Morgan fingerprint density at radius 1 is 0.963 bits per heavy atom. The Hall–Kier alpha value is -2.80. The number of carbonyl (C=O) groups excluding carboxylic acids is 1. The highest BCUT2D eigenvalue weighted by molar-refractivity contribution is 7.99. The SMILES string of the molecule is Cc1ccc(NCc2nnc(SCC(=O)Nc3ccc(C)cc3)n2C)cc1. The average molecular weight is 382 g/mol. The van der Waals surface area contributed by atoms with Gasteiger partial charge in [0, 0.05) is 18.4 Å². The highest BCUT2D eigenvalue weighted by atomic mass is 32.2. The van der Waals surface area contributed by atoms with Gasteiger partial charge in [-0.25, -0.2) is 0 Å². The Bertz CT molecular complexity index is 903. The van der Waals surface area contributed by atoms with Crippen LogP contribution < -0.4 is 10.6 Å². The molecule has 2 aromatic carbocycles. The van der Waals surface area contributed by atoms with Crippen LogP contribution in [0, 0.1) is 13.8 Å². The van der Waals surface area contributed by atoms with Crippen LogP contribution in [0.4, 0.5) is 11.4 Å². The quantitative estimate of drug-likeness (QED) is 0.610. The molecule has 3 rings (SSSR count). The molecule has 1 heterocycles. The molecule has 0 atom stereocenters. The van der Waals surface area contributed by atoms with Gasteiger partial charge in [-0.05, 0) is 38.1 Å². The monoisotopic (exact) mass is 381 g/mol. The van der Waals surface area contributed by atoms with Crippen molar-refractivity contribution in [3.05, 3.63) is 65.5 Å². The van der Waals surface area contributed by atoms with Crippen LogP contribution >= 0.6 is 11.8 Å². The molecule has 0 bridgehead atoms.